The number of benzene rings is 1. The molecule has 8 nitrogen and oxygen atoms in total. The average Bonchev–Trinajstić information content (AvgIpc) is 2.68. The van der Waals surface area contributed by atoms with E-state index in [-0.39, 0.29) is 17.9 Å². The summed E-state index contributed by atoms with van der Waals surface area (Å²) in [6, 6.07) is 9.15. The first-order valence-electron chi connectivity index (χ1n) is 9.19. The molecule has 3 amide bonds. The number of amides is 3. The molecule has 3 rings (SSSR count). The van der Waals surface area contributed by atoms with Gasteiger partial charge in [0, 0.05) is 50.9 Å². The Morgan fingerprint density at radius 1 is 0.926 bits per heavy atom. The molecule has 0 spiro atoms. The van der Waals surface area contributed by atoms with Crippen molar-refractivity contribution in [2.24, 2.45) is 5.92 Å². The van der Waals surface area contributed by atoms with Crippen LogP contribution in [0.3, 0.4) is 0 Å². The van der Waals surface area contributed by atoms with Crippen molar-refractivity contribution in [1.82, 2.24) is 14.1 Å². The molecule has 0 unspecified atom stereocenters. The Morgan fingerprint density at radius 2 is 1.52 bits per heavy atom. The van der Waals surface area contributed by atoms with Crippen LogP contribution in [0.5, 0.6) is 0 Å². The number of carbonyl (C=O) groups excluding carboxylic acids is 2. The van der Waals surface area contributed by atoms with Gasteiger partial charge in [-0.15, -0.1) is 0 Å². The highest BCUT2D eigenvalue weighted by Crippen LogP contribution is 2.21. The van der Waals surface area contributed by atoms with Gasteiger partial charge in [-0.25, -0.2) is 13.2 Å². The number of carbonyl (C=O) groups is 2. The molecule has 0 atom stereocenters. The quantitative estimate of drug-likeness (QED) is 0.829. The fourth-order valence-electron chi connectivity index (χ4n) is 3.55. The van der Waals surface area contributed by atoms with E-state index >= 15 is 0 Å². The number of nitrogens with zero attached hydrogens (tertiary/aromatic N) is 3. The summed E-state index contributed by atoms with van der Waals surface area (Å²) in [4.78, 5) is 28.5. The number of anilines is 1. The molecule has 1 aromatic rings. The second kappa shape index (κ2) is 8.26. The van der Waals surface area contributed by atoms with E-state index in [1.165, 1.54) is 10.6 Å². The summed E-state index contributed by atoms with van der Waals surface area (Å²) in [6.07, 6.45) is 2.46. The topological polar surface area (TPSA) is 90.0 Å². The predicted octanol–water partition coefficient (Wildman–Crippen LogP) is 1.03. The lowest BCUT2D eigenvalue weighted by molar-refractivity contribution is -0.138. The number of para-hydroxylation sites is 1. The third-order valence-corrected chi connectivity index (χ3v) is 6.48. The van der Waals surface area contributed by atoms with E-state index in [0.29, 0.717) is 52.1 Å². The van der Waals surface area contributed by atoms with Crippen LogP contribution in [0.1, 0.15) is 12.8 Å². The van der Waals surface area contributed by atoms with Gasteiger partial charge in [-0.1, -0.05) is 18.2 Å². The lowest BCUT2D eigenvalue weighted by Gasteiger charge is -2.37. The van der Waals surface area contributed by atoms with Gasteiger partial charge in [-0.05, 0) is 25.0 Å². The zero-order valence-electron chi connectivity index (χ0n) is 15.5. The third-order valence-electron chi connectivity index (χ3n) is 5.18. The number of rotatable bonds is 3. The molecule has 9 heteroatoms. The Bertz CT molecular complexity index is 768. The Balaban J connectivity index is 1.46. The van der Waals surface area contributed by atoms with Crippen LogP contribution in [0.2, 0.25) is 0 Å². The maximum absolute atomic E-state index is 12.7. The van der Waals surface area contributed by atoms with Crippen LogP contribution >= 0.6 is 0 Å². The van der Waals surface area contributed by atoms with Crippen molar-refractivity contribution >= 4 is 27.6 Å². The Labute approximate surface area is 160 Å². The first-order valence-corrected chi connectivity index (χ1v) is 11.0. The molecule has 1 aromatic carbocycles. The number of sulfonamides is 1. The summed E-state index contributed by atoms with van der Waals surface area (Å²) in [6.45, 7) is 2.64. The number of piperidine rings is 1. The van der Waals surface area contributed by atoms with E-state index in [2.05, 4.69) is 5.32 Å². The summed E-state index contributed by atoms with van der Waals surface area (Å²) in [7, 11) is -3.20. The van der Waals surface area contributed by atoms with E-state index in [1.807, 2.05) is 30.3 Å². The summed E-state index contributed by atoms with van der Waals surface area (Å²) in [5, 5.41) is 2.87. The monoisotopic (exact) mass is 394 g/mol. The molecular weight excluding hydrogens is 368 g/mol. The largest absolute Gasteiger partial charge is 0.340 e. The lowest BCUT2D eigenvalue weighted by atomic mass is 9.95. The zero-order chi connectivity index (χ0) is 19.4. The smallest absolute Gasteiger partial charge is 0.321 e. The number of nitrogens with one attached hydrogen (secondary N) is 1. The first-order chi connectivity index (χ1) is 12.8. The van der Waals surface area contributed by atoms with Crippen LogP contribution in [-0.2, 0) is 14.8 Å². The fourth-order valence-corrected chi connectivity index (χ4v) is 4.38. The van der Waals surface area contributed by atoms with Gasteiger partial charge in [0.2, 0.25) is 15.9 Å². The molecule has 2 fully saturated rings. The van der Waals surface area contributed by atoms with Crippen LogP contribution < -0.4 is 5.32 Å². The van der Waals surface area contributed by atoms with Crippen molar-refractivity contribution in [3.05, 3.63) is 30.3 Å². The maximum Gasteiger partial charge on any atom is 0.321 e. The zero-order valence-corrected chi connectivity index (χ0v) is 16.3. The molecule has 0 aliphatic carbocycles. The standard InChI is InChI=1S/C18H26N4O4S/c1-27(25,26)22-13-11-20(12-14-22)17(23)15-7-9-21(10-8-15)18(24)19-16-5-3-2-4-6-16/h2-6,15H,7-14H2,1H3,(H,19,24). The van der Waals surface area contributed by atoms with Gasteiger partial charge < -0.3 is 15.1 Å². The van der Waals surface area contributed by atoms with Crippen molar-refractivity contribution in [2.45, 2.75) is 12.8 Å². The van der Waals surface area contributed by atoms with Gasteiger partial charge in [0.15, 0.2) is 0 Å². The second-order valence-electron chi connectivity index (χ2n) is 7.04. The molecule has 0 bridgehead atoms. The Morgan fingerprint density at radius 3 is 2.07 bits per heavy atom. The van der Waals surface area contributed by atoms with Crippen molar-refractivity contribution in [1.29, 1.82) is 0 Å². The summed E-state index contributed by atoms with van der Waals surface area (Å²) < 4.78 is 24.6. The van der Waals surface area contributed by atoms with Crippen LogP contribution in [0.25, 0.3) is 0 Å². The highest BCUT2D eigenvalue weighted by atomic mass is 32.2. The van der Waals surface area contributed by atoms with Gasteiger partial charge in [0.1, 0.15) is 0 Å². The van der Waals surface area contributed by atoms with E-state index in [1.54, 1.807) is 9.80 Å². The minimum Gasteiger partial charge on any atom is -0.340 e. The predicted molar refractivity (Wildman–Crippen MR) is 103 cm³/mol. The minimum atomic E-state index is -3.20. The highest BCUT2D eigenvalue weighted by Gasteiger charge is 2.33. The molecule has 0 saturated carbocycles. The molecule has 1 N–H and O–H groups in total. The van der Waals surface area contributed by atoms with E-state index < -0.39 is 10.0 Å². The van der Waals surface area contributed by atoms with Crippen LogP contribution in [0.4, 0.5) is 10.5 Å². The number of likely N-dealkylation sites (tertiary alicyclic amines) is 1. The number of hydrogen-bond acceptors (Lipinski definition) is 4. The van der Waals surface area contributed by atoms with E-state index in [0.717, 1.165) is 5.69 Å². The highest BCUT2D eigenvalue weighted by molar-refractivity contribution is 7.88. The number of urea groups is 1. The fraction of sp³-hybridized carbons (Fsp3) is 0.556. The van der Waals surface area contributed by atoms with Crippen molar-refractivity contribution in [3.8, 4) is 0 Å². The average molecular weight is 394 g/mol. The number of piperazine rings is 1. The van der Waals surface area contributed by atoms with Gasteiger partial charge in [-0.3, -0.25) is 4.79 Å². The Kier molecular flexibility index (Phi) is 6.01. The number of hydrogen-bond donors (Lipinski definition) is 1. The Hall–Kier alpha value is -2.13. The molecule has 2 heterocycles. The third kappa shape index (κ3) is 4.98. The van der Waals surface area contributed by atoms with E-state index in [9.17, 15) is 18.0 Å². The molecule has 2 saturated heterocycles. The van der Waals surface area contributed by atoms with Gasteiger partial charge >= 0.3 is 6.03 Å². The van der Waals surface area contributed by atoms with E-state index in [4.69, 9.17) is 0 Å². The minimum absolute atomic E-state index is 0.0752. The van der Waals surface area contributed by atoms with Gasteiger partial charge in [0.25, 0.3) is 0 Å². The van der Waals surface area contributed by atoms with Gasteiger partial charge in [0.05, 0.1) is 6.26 Å². The van der Waals surface area contributed by atoms with Crippen molar-refractivity contribution in [3.63, 3.8) is 0 Å². The lowest BCUT2D eigenvalue weighted by Crippen LogP contribution is -2.53. The molecule has 2 aliphatic rings. The normalized spacial score (nSPS) is 19.7. The molecule has 2 aliphatic heterocycles. The maximum atomic E-state index is 12.7. The van der Waals surface area contributed by atoms with Crippen molar-refractivity contribution < 1.29 is 18.0 Å². The summed E-state index contributed by atoms with van der Waals surface area (Å²) in [5.41, 5.74) is 0.754. The molecule has 0 radical (unpaired) electrons. The molecule has 0 aromatic heterocycles. The summed E-state index contributed by atoms with van der Waals surface area (Å²) in [5.74, 6) is -0.0261. The summed E-state index contributed by atoms with van der Waals surface area (Å²) >= 11 is 0. The molecular formula is C18H26N4O4S. The van der Waals surface area contributed by atoms with Crippen LogP contribution in [0.15, 0.2) is 30.3 Å². The van der Waals surface area contributed by atoms with Crippen LogP contribution in [0, 0.1) is 5.92 Å². The van der Waals surface area contributed by atoms with Crippen molar-refractivity contribution in [2.75, 3.05) is 50.8 Å². The SMILES string of the molecule is CS(=O)(=O)N1CCN(C(=O)C2CCN(C(=O)Nc3ccccc3)CC2)CC1. The van der Waals surface area contributed by atoms with Gasteiger partial charge in [-0.2, -0.15) is 4.31 Å². The molecule has 27 heavy (non-hydrogen) atoms. The first kappa shape index (κ1) is 19.6. The molecule has 148 valence electrons. The van der Waals surface area contributed by atoms with Crippen LogP contribution in [-0.4, -0.2) is 80.0 Å². The second-order valence-corrected chi connectivity index (χ2v) is 9.03.